The van der Waals surface area contributed by atoms with Gasteiger partial charge in [-0.25, -0.2) is 4.79 Å². The summed E-state index contributed by atoms with van der Waals surface area (Å²) in [5.74, 6) is 0. The number of urea groups is 1. The van der Waals surface area contributed by atoms with Crippen molar-refractivity contribution in [3.05, 3.63) is 69.2 Å². The average Bonchev–Trinajstić information content (AvgIpc) is 2.54. The molecule has 2 aromatic carbocycles. The fourth-order valence-corrected chi connectivity index (χ4v) is 2.53. The molecule has 2 aromatic rings. The Morgan fingerprint density at radius 2 is 2.04 bits per heavy atom. The number of hydrogen-bond donors (Lipinski definition) is 1. The van der Waals surface area contributed by atoms with E-state index in [1.165, 1.54) is 0 Å². The van der Waals surface area contributed by atoms with Crippen molar-refractivity contribution in [3.8, 4) is 6.07 Å². The maximum atomic E-state index is 12.1. The molecule has 0 unspecified atom stereocenters. The van der Waals surface area contributed by atoms with Crippen LogP contribution >= 0.6 is 23.2 Å². The van der Waals surface area contributed by atoms with Gasteiger partial charge in [-0.05, 0) is 35.4 Å². The lowest BCUT2D eigenvalue weighted by Gasteiger charge is -2.18. The van der Waals surface area contributed by atoms with Crippen LogP contribution in [-0.2, 0) is 13.1 Å². The van der Waals surface area contributed by atoms with E-state index in [1.807, 2.05) is 6.07 Å². The zero-order valence-corrected chi connectivity index (χ0v) is 14.0. The first kappa shape index (κ1) is 17.1. The van der Waals surface area contributed by atoms with Crippen LogP contribution < -0.4 is 5.32 Å². The highest BCUT2D eigenvalue weighted by molar-refractivity contribution is 6.35. The fourth-order valence-electron chi connectivity index (χ4n) is 2.06. The minimum absolute atomic E-state index is 0.224. The van der Waals surface area contributed by atoms with E-state index in [1.54, 1.807) is 48.3 Å². The standard InChI is InChI=1S/C17H15Cl2N3O/c1-22(11-13-4-2-3-12(7-13)9-20)17(23)21-10-14-5-6-15(18)8-16(14)19/h2-8H,10-11H2,1H3,(H,21,23). The van der Waals surface area contributed by atoms with Crippen molar-refractivity contribution in [3.63, 3.8) is 0 Å². The van der Waals surface area contributed by atoms with Crippen LogP contribution in [0.2, 0.25) is 10.0 Å². The normalized spacial score (nSPS) is 10.0. The monoisotopic (exact) mass is 347 g/mol. The molecule has 2 rings (SSSR count). The van der Waals surface area contributed by atoms with Gasteiger partial charge in [0.2, 0.25) is 0 Å². The number of hydrogen-bond acceptors (Lipinski definition) is 2. The van der Waals surface area contributed by atoms with Crippen LogP contribution in [0.15, 0.2) is 42.5 Å². The topological polar surface area (TPSA) is 56.1 Å². The summed E-state index contributed by atoms with van der Waals surface area (Å²) in [4.78, 5) is 13.7. The van der Waals surface area contributed by atoms with Gasteiger partial charge in [-0.2, -0.15) is 5.26 Å². The molecule has 0 aliphatic heterocycles. The molecule has 0 heterocycles. The first-order chi connectivity index (χ1) is 11.0. The van der Waals surface area contributed by atoms with Gasteiger partial charge < -0.3 is 10.2 Å². The predicted octanol–water partition coefficient (Wildman–Crippen LogP) is 4.21. The summed E-state index contributed by atoms with van der Waals surface area (Å²) in [5.41, 5.74) is 2.26. The first-order valence-electron chi connectivity index (χ1n) is 6.91. The van der Waals surface area contributed by atoms with Gasteiger partial charge >= 0.3 is 6.03 Å². The van der Waals surface area contributed by atoms with E-state index < -0.39 is 0 Å². The summed E-state index contributed by atoms with van der Waals surface area (Å²) in [7, 11) is 1.69. The number of nitrogens with zero attached hydrogens (tertiary/aromatic N) is 2. The van der Waals surface area contributed by atoms with Crippen molar-refractivity contribution >= 4 is 29.2 Å². The molecule has 0 aromatic heterocycles. The molecule has 0 spiro atoms. The van der Waals surface area contributed by atoms with E-state index in [0.717, 1.165) is 11.1 Å². The minimum Gasteiger partial charge on any atom is -0.334 e. The molecule has 4 nitrogen and oxygen atoms in total. The average molecular weight is 348 g/mol. The number of nitriles is 1. The molecule has 0 atom stereocenters. The summed E-state index contributed by atoms with van der Waals surface area (Å²) in [6.45, 7) is 0.729. The van der Waals surface area contributed by atoms with Crippen molar-refractivity contribution in [1.29, 1.82) is 5.26 Å². The second kappa shape index (κ2) is 7.87. The Morgan fingerprint density at radius 3 is 2.74 bits per heavy atom. The smallest absolute Gasteiger partial charge is 0.317 e. The lowest BCUT2D eigenvalue weighted by molar-refractivity contribution is 0.206. The van der Waals surface area contributed by atoms with Crippen molar-refractivity contribution < 1.29 is 4.79 Å². The van der Waals surface area contributed by atoms with Crippen LogP contribution in [0.25, 0.3) is 0 Å². The number of nitrogens with one attached hydrogen (secondary N) is 1. The van der Waals surface area contributed by atoms with Crippen LogP contribution in [0.3, 0.4) is 0 Å². The molecule has 1 N–H and O–H groups in total. The van der Waals surface area contributed by atoms with Crippen molar-refractivity contribution in [2.24, 2.45) is 0 Å². The third-order valence-corrected chi connectivity index (χ3v) is 3.85. The molecule has 0 bridgehead atoms. The first-order valence-corrected chi connectivity index (χ1v) is 7.67. The van der Waals surface area contributed by atoms with Gasteiger partial charge in [-0.3, -0.25) is 0 Å². The van der Waals surface area contributed by atoms with Gasteiger partial charge in [0.15, 0.2) is 0 Å². The Hall–Kier alpha value is -2.22. The summed E-state index contributed by atoms with van der Waals surface area (Å²) < 4.78 is 0. The third-order valence-electron chi connectivity index (χ3n) is 3.27. The summed E-state index contributed by atoms with van der Waals surface area (Å²) in [5, 5.41) is 12.8. The molecule has 118 valence electrons. The van der Waals surface area contributed by atoms with Crippen LogP contribution in [0.1, 0.15) is 16.7 Å². The number of amides is 2. The lowest BCUT2D eigenvalue weighted by Crippen LogP contribution is -2.36. The Bertz CT molecular complexity index is 756. The highest BCUT2D eigenvalue weighted by Gasteiger charge is 2.10. The zero-order chi connectivity index (χ0) is 16.8. The van der Waals surface area contributed by atoms with Crippen molar-refractivity contribution in [2.45, 2.75) is 13.1 Å². The van der Waals surface area contributed by atoms with Crippen LogP contribution in [0, 0.1) is 11.3 Å². The number of halogens is 2. The van der Waals surface area contributed by atoms with E-state index in [-0.39, 0.29) is 6.03 Å². The number of carbonyl (C=O) groups is 1. The second-order valence-corrected chi connectivity index (χ2v) is 5.91. The summed E-state index contributed by atoms with van der Waals surface area (Å²) in [6, 6.07) is 14.2. The quantitative estimate of drug-likeness (QED) is 0.900. The second-order valence-electron chi connectivity index (χ2n) is 5.06. The van der Waals surface area contributed by atoms with Crippen LogP contribution in [-0.4, -0.2) is 18.0 Å². The zero-order valence-electron chi connectivity index (χ0n) is 12.5. The van der Waals surface area contributed by atoms with Crippen LogP contribution in [0.5, 0.6) is 0 Å². The third kappa shape index (κ3) is 4.88. The maximum Gasteiger partial charge on any atom is 0.317 e. The van der Waals surface area contributed by atoms with E-state index >= 15 is 0 Å². The molecule has 0 radical (unpaired) electrons. The molecule has 0 aliphatic rings. The highest BCUT2D eigenvalue weighted by Crippen LogP contribution is 2.20. The maximum absolute atomic E-state index is 12.1. The molecule has 2 amide bonds. The molecule has 6 heteroatoms. The van der Waals surface area contributed by atoms with Crippen molar-refractivity contribution in [1.82, 2.24) is 10.2 Å². The summed E-state index contributed by atoms with van der Waals surface area (Å²) in [6.07, 6.45) is 0. The van der Waals surface area contributed by atoms with Gasteiger partial charge in [-0.15, -0.1) is 0 Å². The van der Waals surface area contributed by atoms with Gasteiger partial charge in [0.25, 0.3) is 0 Å². The van der Waals surface area contributed by atoms with E-state index in [2.05, 4.69) is 11.4 Å². The Morgan fingerprint density at radius 1 is 1.26 bits per heavy atom. The van der Waals surface area contributed by atoms with E-state index in [4.69, 9.17) is 28.5 Å². The van der Waals surface area contributed by atoms with E-state index in [9.17, 15) is 4.79 Å². The van der Waals surface area contributed by atoms with Gasteiger partial charge in [0.1, 0.15) is 0 Å². The summed E-state index contributed by atoms with van der Waals surface area (Å²) >= 11 is 11.9. The molecule has 0 fully saturated rings. The van der Waals surface area contributed by atoms with Gasteiger partial charge in [-0.1, -0.05) is 41.4 Å². The Balaban J connectivity index is 1.93. The number of carbonyl (C=O) groups excluding carboxylic acids is 1. The van der Waals surface area contributed by atoms with Crippen molar-refractivity contribution in [2.75, 3.05) is 7.05 Å². The molecule has 0 saturated carbocycles. The minimum atomic E-state index is -0.224. The Labute approximate surface area is 145 Å². The Kier molecular flexibility index (Phi) is 5.86. The SMILES string of the molecule is CN(Cc1cccc(C#N)c1)C(=O)NCc1ccc(Cl)cc1Cl. The predicted molar refractivity (Wildman–Crippen MR) is 91.3 cm³/mol. The molecular formula is C17H15Cl2N3O. The highest BCUT2D eigenvalue weighted by atomic mass is 35.5. The largest absolute Gasteiger partial charge is 0.334 e. The number of rotatable bonds is 4. The molecule has 0 saturated heterocycles. The van der Waals surface area contributed by atoms with Gasteiger partial charge in [0.05, 0.1) is 11.6 Å². The molecule has 0 aliphatic carbocycles. The lowest BCUT2D eigenvalue weighted by atomic mass is 10.1. The van der Waals surface area contributed by atoms with Gasteiger partial charge in [0, 0.05) is 30.2 Å². The van der Waals surface area contributed by atoms with E-state index in [0.29, 0.717) is 28.7 Å². The fraction of sp³-hybridized carbons (Fsp3) is 0.176. The molecular weight excluding hydrogens is 333 g/mol. The van der Waals surface area contributed by atoms with Crippen LogP contribution in [0.4, 0.5) is 4.79 Å². The number of benzene rings is 2. The molecule has 23 heavy (non-hydrogen) atoms.